The standard InChI is InChI=1S/C8H7N5OS2/c9-4-1-5(6(10)14)7(11-2-4)16-8-13-12-3-15-8/h1-3H,9H2,(H2,10,14). The van der Waals surface area contributed by atoms with Gasteiger partial charge in [-0.3, -0.25) is 4.79 Å². The minimum Gasteiger partial charge on any atom is -0.397 e. The average molecular weight is 253 g/mol. The highest BCUT2D eigenvalue weighted by Crippen LogP contribution is 2.29. The molecule has 2 heterocycles. The third kappa shape index (κ3) is 2.28. The normalized spacial score (nSPS) is 10.2. The fraction of sp³-hybridized carbons (Fsp3) is 0. The zero-order valence-electron chi connectivity index (χ0n) is 7.95. The molecule has 2 aromatic rings. The van der Waals surface area contributed by atoms with Crippen LogP contribution >= 0.6 is 23.1 Å². The van der Waals surface area contributed by atoms with Crippen LogP contribution in [0.5, 0.6) is 0 Å². The van der Waals surface area contributed by atoms with Crippen LogP contribution < -0.4 is 11.5 Å². The number of pyridine rings is 1. The number of carbonyl (C=O) groups is 1. The first-order chi connectivity index (χ1) is 7.66. The first-order valence-corrected chi connectivity index (χ1v) is 5.86. The number of anilines is 1. The summed E-state index contributed by atoms with van der Waals surface area (Å²) in [5, 5.41) is 8.02. The van der Waals surface area contributed by atoms with Crippen LogP contribution in [-0.2, 0) is 0 Å². The number of nitrogen functional groups attached to an aromatic ring is 1. The van der Waals surface area contributed by atoms with E-state index in [1.807, 2.05) is 0 Å². The smallest absolute Gasteiger partial charge is 0.251 e. The molecule has 8 heteroatoms. The predicted molar refractivity (Wildman–Crippen MR) is 61.2 cm³/mol. The van der Waals surface area contributed by atoms with Crippen LogP contribution in [-0.4, -0.2) is 21.1 Å². The molecule has 1 amide bonds. The van der Waals surface area contributed by atoms with Crippen LogP contribution in [0.15, 0.2) is 27.1 Å². The second-order valence-electron chi connectivity index (χ2n) is 2.79. The number of primary amides is 1. The Kier molecular flexibility index (Phi) is 3.02. The molecule has 0 saturated heterocycles. The Bertz CT molecular complexity index is 513. The fourth-order valence-corrected chi connectivity index (χ4v) is 2.48. The molecule has 0 spiro atoms. The van der Waals surface area contributed by atoms with E-state index in [9.17, 15) is 4.79 Å². The van der Waals surface area contributed by atoms with E-state index in [0.717, 1.165) is 0 Å². The SMILES string of the molecule is NC(=O)c1cc(N)cnc1Sc1nncs1. The van der Waals surface area contributed by atoms with Crippen molar-refractivity contribution in [2.45, 2.75) is 9.37 Å². The van der Waals surface area contributed by atoms with Gasteiger partial charge in [0.1, 0.15) is 10.5 Å². The molecular weight excluding hydrogens is 246 g/mol. The van der Waals surface area contributed by atoms with Gasteiger partial charge in [-0.2, -0.15) is 0 Å². The number of carbonyl (C=O) groups excluding carboxylic acids is 1. The van der Waals surface area contributed by atoms with Crippen molar-refractivity contribution in [3.8, 4) is 0 Å². The number of nitrogens with two attached hydrogens (primary N) is 2. The fourth-order valence-electron chi connectivity index (χ4n) is 1.02. The van der Waals surface area contributed by atoms with Gasteiger partial charge in [0.15, 0.2) is 4.34 Å². The molecule has 0 fully saturated rings. The average Bonchev–Trinajstić information content (AvgIpc) is 2.73. The molecule has 0 aliphatic heterocycles. The summed E-state index contributed by atoms with van der Waals surface area (Å²) in [5.74, 6) is -0.563. The molecule has 0 unspecified atom stereocenters. The first kappa shape index (κ1) is 10.8. The summed E-state index contributed by atoms with van der Waals surface area (Å²) in [6.45, 7) is 0. The molecule has 0 atom stereocenters. The highest BCUT2D eigenvalue weighted by Gasteiger charge is 2.13. The van der Waals surface area contributed by atoms with Gasteiger partial charge in [-0.25, -0.2) is 4.98 Å². The topological polar surface area (TPSA) is 108 Å². The minimum atomic E-state index is -0.563. The van der Waals surface area contributed by atoms with Gasteiger partial charge < -0.3 is 11.5 Å². The van der Waals surface area contributed by atoms with Gasteiger partial charge in [-0.05, 0) is 17.8 Å². The zero-order chi connectivity index (χ0) is 11.5. The van der Waals surface area contributed by atoms with Gasteiger partial charge in [0.25, 0.3) is 5.91 Å². The molecule has 6 nitrogen and oxygen atoms in total. The summed E-state index contributed by atoms with van der Waals surface area (Å²) in [6.07, 6.45) is 1.47. The number of hydrogen-bond acceptors (Lipinski definition) is 7. The molecule has 0 radical (unpaired) electrons. The predicted octanol–water partition coefficient (Wildman–Crippen LogP) is 0.765. The maximum Gasteiger partial charge on any atom is 0.251 e. The van der Waals surface area contributed by atoms with Crippen LogP contribution in [0.2, 0.25) is 0 Å². The maximum absolute atomic E-state index is 11.2. The molecular formula is C8H7N5OS2. The molecule has 16 heavy (non-hydrogen) atoms. The van der Waals surface area contributed by atoms with Crippen molar-refractivity contribution in [2.75, 3.05) is 5.73 Å². The van der Waals surface area contributed by atoms with Gasteiger partial charge in [-0.15, -0.1) is 10.2 Å². The summed E-state index contributed by atoms with van der Waals surface area (Å²) in [7, 11) is 0. The first-order valence-electron chi connectivity index (χ1n) is 4.16. The summed E-state index contributed by atoms with van der Waals surface area (Å²) in [6, 6.07) is 1.50. The Morgan fingerprint density at radius 3 is 2.94 bits per heavy atom. The molecule has 82 valence electrons. The Balaban J connectivity index is 2.36. The van der Waals surface area contributed by atoms with Crippen molar-refractivity contribution >= 4 is 34.7 Å². The van der Waals surface area contributed by atoms with E-state index in [-0.39, 0.29) is 0 Å². The van der Waals surface area contributed by atoms with Crippen molar-refractivity contribution in [3.05, 3.63) is 23.3 Å². The molecule has 0 saturated carbocycles. The number of nitrogens with zero attached hydrogens (tertiary/aromatic N) is 3. The summed E-state index contributed by atoms with van der Waals surface area (Å²) < 4.78 is 0.694. The van der Waals surface area contributed by atoms with Crippen LogP contribution in [0.1, 0.15) is 10.4 Å². The van der Waals surface area contributed by atoms with E-state index in [0.29, 0.717) is 20.6 Å². The van der Waals surface area contributed by atoms with Crippen molar-refractivity contribution in [1.82, 2.24) is 15.2 Å². The van der Waals surface area contributed by atoms with Crippen molar-refractivity contribution in [3.63, 3.8) is 0 Å². The number of aromatic nitrogens is 3. The van der Waals surface area contributed by atoms with Gasteiger partial charge in [0, 0.05) is 0 Å². The van der Waals surface area contributed by atoms with Crippen molar-refractivity contribution in [1.29, 1.82) is 0 Å². The lowest BCUT2D eigenvalue weighted by Crippen LogP contribution is -2.13. The van der Waals surface area contributed by atoms with Crippen LogP contribution in [0.4, 0.5) is 5.69 Å². The molecule has 0 aliphatic rings. The Hall–Kier alpha value is -1.67. The van der Waals surface area contributed by atoms with Gasteiger partial charge in [0.05, 0.1) is 17.4 Å². The zero-order valence-corrected chi connectivity index (χ0v) is 9.59. The number of rotatable bonds is 3. The van der Waals surface area contributed by atoms with Gasteiger partial charge in [-0.1, -0.05) is 11.3 Å². The monoisotopic (exact) mass is 253 g/mol. The van der Waals surface area contributed by atoms with Gasteiger partial charge >= 0.3 is 0 Å². The van der Waals surface area contributed by atoms with Crippen LogP contribution in [0.25, 0.3) is 0 Å². The Morgan fingerprint density at radius 2 is 2.31 bits per heavy atom. The van der Waals surface area contributed by atoms with Crippen LogP contribution in [0, 0.1) is 0 Å². The third-order valence-electron chi connectivity index (χ3n) is 1.66. The van der Waals surface area contributed by atoms with E-state index in [1.54, 1.807) is 5.51 Å². The van der Waals surface area contributed by atoms with Crippen molar-refractivity contribution < 1.29 is 4.79 Å². The molecule has 0 aliphatic carbocycles. The van der Waals surface area contributed by atoms with E-state index in [4.69, 9.17) is 11.5 Å². The summed E-state index contributed by atoms with van der Waals surface area (Å²) in [4.78, 5) is 15.2. The van der Waals surface area contributed by atoms with E-state index >= 15 is 0 Å². The number of amides is 1. The van der Waals surface area contributed by atoms with E-state index < -0.39 is 5.91 Å². The minimum absolute atomic E-state index is 0.292. The lowest BCUT2D eigenvalue weighted by atomic mass is 10.2. The van der Waals surface area contributed by atoms with Gasteiger partial charge in [0.2, 0.25) is 0 Å². The molecule has 2 rings (SSSR count). The quantitative estimate of drug-likeness (QED) is 0.836. The molecule has 0 aromatic carbocycles. The van der Waals surface area contributed by atoms with Crippen molar-refractivity contribution in [2.24, 2.45) is 5.73 Å². The lowest BCUT2D eigenvalue weighted by molar-refractivity contribution is 0.0997. The maximum atomic E-state index is 11.2. The highest BCUT2D eigenvalue weighted by molar-refractivity contribution is 8.01. The van der Waals surface area contributed by atoms with E-state index in [1.165, 1.54) is 35.4 Å². The molecule has 4 N–H and O–H groups in total. The second kappa shape index (κ2) is 4.45. The van der Waals surface area contributed by atoms with E-state index in [2.05, 4.69) is 15.2 Å². The largest absolute Gasteiger partial charge is 0.397 e. The summed E-state index contributed by atoms with van der Waals surface area (Å²) >= 11 is 2.60. The lowest BCUT2D eigenvalue weighted by Gasteiger charge is -2.03. The molecule has 2 aromatic heterocycles. The molecule has 0 bridgehead atoms. The summed E-state index contributed by atoms with van der Waals surface area (Å²) in [5.41, 5.74) is 13.1. The van der Waals surface area contributed by atoms with Crippen LogP contribution in [0.3, 0.4) is 0 Å². The Morgan fingerprint density at radius 1 is 1.50 bits per heavy atom. The highest BCUT2D eigenvalue weighted by atomic mass is 32.2. The third-order valence-corrected chi connectivity index (χ3v) is 3.46. The number of hydrogen-bond donors (Lipinski definition) is 2. The Labute approximate surface area is 99.1 Å². The second-order valence-corrected chi connectivity index (χ2v) is 4.86.